The zero-order chi connectivity index (χ0) is 9.10. The number of aryl methyl sites for hydroxylation is 1. The summed E-state index contributed by atoms with van der Waals surface area (Å²) < 4.78 is 13.6. The van der Waals surface area contributed by atoms with Gasteiger partial charge in [-0.2, -0.15) is 5.10 Å². The van der Waals surface area contributed by atoms with Crippen LogP contribution in [0.2, 0.25) is 0 Å². The first-order valence-electron chi connectivity index (χ1n) is 4.12. The topological polar surface area (TPSA) is 33.6 Å². The molecule has 0 bridgehead atoms. The quantitative estimate of drug-likeness (QED) is 0.766. The molecule has 0 aliphatic heterocycles. The molecule has 0 fully saturated rings. The maximum atomic E-state index is 12.0. The molecule has 0 amide bonds. The number of alkyl halides is 1. The lowest BCUT2D eigenvalue weighted by Gasteiger charge is -1.93. The van der Waals surface area contributed by atoms with Gasteiger partial charge in [0.05, 0.1) is 12.7 Å². The summed E-state index contributed by atoms with van der Waals surface area (Å²) in [5, 5.41) is 4.02. The molecule has 1 N–H and O–H groups in total. The van der Waals surface area contributed by atoms with Gasteiger partial charge in [-0.1, -0.05) is 0 Å². The highest BCUT2D eigenvalue weighted by Gasteiger charge is 2.00. The van der Waals surface area contributed by atoms with Crippen LogP contribution in [0.25, 0.3) is 11.3 Å². The Hall–Kier alpha value is -1.58. The number of aromatic amines is 1. The summed E-state index contributed by atoms with van der Waals surface area (Å²) in [7, 11) is 0. The molecule has 0 atom stereocenters. The van der Waals surface area contributed by atoms with Crippen LogP contribution in [0.1, 0.15) is 0 Å². The van der Waals surface area contributed by atoms with Crippen molar-refractivity contribution in [1.29, 1.82) is 0 Å². The molecule has 68 valence electrons. The van der Waals surface area contributed by atoms with Gasteiger partial charge < -0.3 is 4.98 Å². The molecule has 0 radical (unpaired) electrons. The van der Waals surface area contributed by atoms with E-state index in [1.54, 1.807) is 10.9 Å². The maximum Gasteiger partial charge on any atom is 0.109 e. The third kappa shape index (κ3) is 1.61. The van der Waals surface area contributed by atoms with Gasteiger partial charge in [0.15, 0.2) is 0 Å². The van der Waals surface area contributed by atoms with E-state index in [9.17, 15) is 4.39 Å². The predicted octanol–water partition coefficient (Wildman–Crippen LogP) is 1.85. The number of halogens is 1. The molecule has 13 heavy (non-hydrogen) atoms. The first-order chi connectivity index (χ1) is 6.40. The minimum Gasteiger partial charge on any atom is -0.361 e. The maximum absolute atomic E-state index is 12.0. The number of rotatable bonds is 3. The second kappa shape index (κ2) is 3.43. The van der Waals surface area contributed by atoms with E-state index < -0.39 is 0 Å². The Balaban J connectivity index is 2.23. The van der Waals surface area contributed by atoms with E-state index in [-0.39, 0.29) is 6.67 Å². The molecule has 2 rings (SSSR count). The number of H-pyrrole nitrogens is 1. The van der Waals surface area contributed by atoms with E-state index in [1.165, 1.54) is 0 Å². The first-order valence-corrected chi connectivity index (χ1v) is 4.12. The molecule has 0 unspecified atom stereocenters. The fourth-order valence-corrected chi connectivity index (χ4v) is 1.22. The van der Waals surface area contributed by atoms with Crippen molar-refractivity contribution in [3.8, 4) is 11.3 Å². The van der Waals surface area contributed by atoms with Gasteiger partial charge in [0.1, 0.15) is 6.67 Å². The normalized spacial score (nSPS) is 10.5. The molecule has 2 aromatic rings. The zero-order valence-corrected chi connectivity index (χ0v) is 7.07. The van der Waals surface area contributed by atoms with Crippen LogP contribution in [0.15, 0.2) is 30.7 Å². The average molecular weight is 179 g/mol. The van der Waals surface area contributed by atoms with Crippen LogP contribution in [-0.2, 0) is 6.54 Å². The Morgan fingerprint density at radius 1 is 1.54 bits per heavy atom. The SMILES string of the molecule is FCCn1cc(-c2ccc[nH]2)cn1. The van der Waals surface area contributed by atoms with Crippen LogP contribution in [0.4, 0.5) is 4.39 Å². The first kappa shape index (κ1) is 8.04. The monoisotopic (exact) mass is 179 g/mol. The van der Waals surface area contributed by atoms with Gasteiger partial charge in [-0.25, -0.2) is 4.39 Å². The fraction of sp³-hybridized carbons (Fsp3) is 0.222. The van der Waals surface area contributed by atoms with Gasteiger partial charge in [-0.3, -0.25) is 4.68 Å². The summed E-state index contributed by atoms with van der Waals surface area (Å²) in [5.74, 6) is 0. The summed E-state index contributed by atoms with van der Waals surface area (Å²) in [6.07, 6.45) is 5.40. The molecule has 3 nitrogen and oxygen atoms in total. The van der Waals surface area contributed by atoms with Crippen LogP contribution in [-0.4, -0.2) is 21.4 Å². The van der Waals surface area contributed by atoms with Crippen molar-refractivity contribution in [2.45, 2.75) is 6.54 Å². The van der Waals surface area contributed by atoms with Crippen LogP contribution in [0, 0.1) is 0 Å². The molecule has 2 aromatic heterocycles. The summed E-state index contributed by atoms with van der Waals surface area (Å²) >= 11 is 0. The lowest BCUT2D eigenvalue weighted by Crippen LogP contribution is -1.98. The largest absolute Gasteiger partial charge is 0.361 e. The van der Waals surface area contributed by atoms with Crippen molar-refractivity contribution in [3.63, 3.8) is 0 Å². The Morgan fingerprint density at radius 2 is 2.46 bits per heavy atom. The lowest BCUT2D eigenvalue weighted by atomic mass is 10.3. The van der Waals surface area contributed by atoms with Crippen molar-refractivity contribution in [3.05, 3.63) is 30.7 Å². The molecule has 0 aromatic carbocycles. The Labute approximate surface area is 75.2 Å². The average Bonchev–Trinajstić information content (AvgIpc) is 2.70. The third-order valence-corrected chi connectivity index (χ3v) is 1.86. The zero-order valence-electron chi connectivity index (χ0n) is 7.07. The van der Waals surface area contributed by atoms with Crippen molar-refractivity contribution < 1.29 is 4.39 Å². The Kier molecular flexibility index (Phi) is 2.12. The molecule has 4 heteroatoms. The van der Waals surface area contributed by atoms with E-state index in [0.717, 1.165) is 11.3 Å². The standard InChI is InChI=1S/C9H10FN3/c10-3-5-13-7-8(6-12-13)9-2-1-4-11-9/h1-2,4,6-7,11H,3,5H2. The molecule has 0 aliphatic rings. The fourth-order valence-electron chi connectivity index (χ4n) is 1.22. The minimum absolute atomic E-state index is 0.320. The Bertz CT molecular complexity index is 364. The van der Waals surface area contributed by atoms with Crippen molar-refractivity contribution in [2.24, 2.45) is 0 Å². The number of aromatic nitrogens is 3. The van der Waals surface area contributed by atoms with E-state index in [2.05, 4.69) is 10.1 Å². The summed E-state index contributed by atoms with van der Waals surface area (Å²) in [6.45, 7) is -0.0629. The smallest absolute Gasteiger partial charge is 0.109 e. The van der Waals surface area contributed by atoms with Crippen LogP contribution >= 0.6 is 0 Å². The molecule has 0 saturated heterocycles. The molecular formula is C9H10FN3. The second-order valence-electron chi connectivity index (χ2n) is 2.76. The van der Waals surface area contributed by atoms with Gasteiger partial charge >= 0.3 is 0 Å². The van der Waals surface area contributed by atoms with Gasteiger partial charge in [-0.05, 0) is 12.1 Å². The number of nitrogens with zero attached hydrogens (tertiary/aromatic N) is 2. The molecule has 2 heterocycles. The van der Waals surface area contributed by atoms with E-state index in [0.29, 0.717) is 6.54 Å². The number of hydrogen-bond donors (Lipinski definition) is 1. The highest BCUT2D eigenvalue weighted by Crippen LogP contribution is 2.14. The summed E-state index contributed by atoms with van der Waals surface area (Å²) in [5.41, 5.74) is 1.99. The van der Waals surface area contributed by atoms with E-state index in [1.807, 2.05) is 24.5 Å². The predicted molar refractivity (Wildman–Crippen MR) is 48.0 cm³/mol. The van der Waals surface area contributed by atoms with E-state index in [4.69, 9.17) is 0 Å². The summed E-state index contributed by atoms with van der Waals surface area (Å²) in [4.78, 5) is 3.06. The minimum atomic E-state index is -0.383. The van der Waals surface area contributed by atoms with Crippen molar-refractivity contribution >= 4 is 0 Å². The van der Waals surface area contributed by atoms with Crippen LogP contribution in [0.5, 0.6) is 0 Å². The van der Waals surface area contributed by atoms with Crippen molar-refractivity contribution in [2.75, 3.05) is 6.67 Å². The molecule has 0 aliphatic carbocycles. The van der Waals surface area contributed by atoms with Gasteiger partial charge in [0.2, 0.25) is 0 Å². The highest BCUT2D eigenvalue weighted by molar-refractivity contribution is 5.56. The van der Waals surface area contributed by atoms with Gasteiger partial charge in [0, 0.05) is 23.7 Å². The highest BCUT2D eigenvalue weighted by atomic mass is 19.1. The molecule has 0 spiro atoms. The third-order valence-electron chi connectivity index (χ3n) is 1.86. The van der Waals surface area contributed by atoms with Gasteiger partial charge in [-0.15, -0.1) is 0 Å². The van der Waals surface area contributed by atoms with Crippen molar-refractivity contribution in [1.82, 2.24) is 14.8 Å². The van der Waals surface area contributed by atoms with Crippen LogP contribution in [0.3, 0.4) is 0 Å². The number of hydrogen-bond acceptors (Lipinski definition) is 1. The van der Waals surface area contributed by atoms with Crippen LogP contribution < -0.4 is 0 Å². The molecular weight excluding hydrogens is 169 g/mol. The lowest BCUT2D eigenvalue weighted by molar-refractivity contribution is 0.427. The second-order valence-corrected chi connectivity index (χ2v) is 2.76. The molecule has 0 saturated carbocycles. The summed E-state index contributed by atoms with van der Waals surface area (Å²) in [6, 6.07) is 3.87. The number of nitrogens with one attached hydrogen (secondary N) is 1. The van der Waals surface area contributed by atoms with E-state index >= 15 is 0 Å². The Morgan fingerprint density at radius 3 is 3.15 bits per heavy atom. The van der Waals surface area contributed by atoms with Gasteiger partial charge in [0.25, 0.3) is 0 Å².